The number of carbonyl (C=O) groups excluding carboxylic acids is 1. The van der Waals surface area contributed by atoms with Crippen molar-refractivity contribution in [3.05, 3.63) is 34.4 Å². The van der Waals surface area contributed by atoms with Crippen molar-refractivity contribution in [3.8, 4) is 6.07 Å². The molecule has 0 radical (unpaired) electrons. The minimum Gasteiger partial charge on any atom is -0.299 e. The van der Waals surface area contributed by atoms with Crippen LogP contribution in [0.5, 0.6) is 0 Å². The average molecular weight is 185 g/mol. The quantitative estimate of drug-likeness (QED) is 0.619. The van der Waals surface area contributed by atoms with Gasteiger partial charge in [0, 0.05) is 12.8 Å². The molecule has 0 amide bonds. The monoisotopic (exact) mass is 185 g/mol. The SMILES string of the molecule is Cc1cc2c(cc1C#N)CCC(=O)C2. The van der Waals surface area contributed by atoms with E-state index < -0.39 is 0 Å². The van der Waals surface area contributed by atoms with E-state index in [2.05, 4.69) is 6.07 Å². The number of aryl methyl sites for hydroxylation is 2. The van der Waals surface area contributed by atoms with Crippen LogP contribution in [0.25, 0.3) is 0 Å². The van der Waals surface area contributed by atoms with E-state index in [1.165, 1.54) is 5.56 Å². The number of nitriles is 1. The van der Waals surface area contributed by atoms with Crippen LogP contribution in [0.15, 0.2) is 12.1 Å². The predicted molar refractivity (Wildman–Crippen MR) is 52.9 cm³/mol. The van der Waals surface area contributed by atoms with Crippen molar-refractivity contribution in [2.24, 2.45) is 0 Å². The number of fused-ring (bicyclic) bond motifs is 1. The Balaban J connectivity index is 2.52. The summed E-state index contributed by atoms with van der Waals surface area (Å²) in [4.78, 5) is 11.2. The first-order valence-corrected chi connectivity index (χ1v) is 4.75. The lowest BCUT2D eigenvalue weighted by molar-refractivity contribution is -0.118. The number of carbonyl (C=O) groups is 1. The largest absolute Gasteiger partial charge is 0.299 e. The molecule has 1 aromatic carbocycles. The predicted octanol–water partition coefficient (Wildman–Crippen LogP) is 1.92. The molecular weight excluding hydrogens is 174 g/mol. The minimum absolute atomic E-state index is 0.307. The Labute approximate surface area is 83.2 Å². The standard InChI is InChI=1S/C12H11NO/c1-8-4-10-6-12(14)3-2-9(10)5-11(8)7-13/h4-5H,2-3,6H2,1H3. The van der Waals surface area contributed by atoms with E-state index in [1.54, 1.807) is 0 Å². The number of ketones is 1. The summed E-state index contributed by atoms with van der Waals surface area (Å²) in [5.41, 5.74) is 3.99. The summed E-state index contributed by atoms with van der Waals surface area (Å²) in [6, 6.07) is 6.08. The van der Waals surface area contributed by atoms with Gasteiger partial charge in [-0.25, -0.2) is 0 Å². The zero-order valence-electron chi connectivity index (χ0n) is 8.13. The minimum atomic E-state index is 0.307. The molecule has 70 valence electrons. The summed E-state index contributed by atoms with van der Waals surface area (Å²) in [6.07, 6.45) is 1.96. The van der Waals surface area contributed by atoms with Crippen LogP contribution in [-0.2, 0) is 17.6 Å². The number of nitrogens with zero attached hydrogens (tertiary/aromatic N) is 1. The molecule has 0 aromatic heterocycles. The summed E-state index contributed by atoms with van der Waals surface area (Å²) >= 11 is 0. The van der Waals surface area contributed by atoms with Crippen LogP contribution in [0.2, 0.25) is 0 Å². The summed E-state index contributed by atoms with van der Waals surface area (Å²) in [5.74, 6) is 0.307. The molecule has 1 aliphatic rings. The van der Waals surface area contributed by atoms with Crippen LogP contribution in [0, 0.1) is 18.3 Å². The topological polar surface area (TPSA) is 40.9 Å². The Bertz CT molecular complexity index is 440. The van der Waals surface area contributed by atoms with Crippen molar-refractivity contribution in [3.63, 3.8) is 0 Å². The maximum absolute atomic E-state index is 11.2. The van der Waals surface area contributed by atoms with Crippen LogP contribution in [0.4, 0.5) is 0 Å². The van der Waals surface area contributed by atoms with Gasteiger partial charge < -0.3 is 0 Å². The van der Waals surface area contributed by atoms with Crippen LogP contribution in [0.1, 0.15) is 28.7 Å². The highest BCUT2D eigenvalue weighted by Gasteiger charge is 2.16. The molecule has 0 bridgehead atoms. The lowest BCUT2D eigenvalue weighted by Crippen LogP contribution is -2.13. The number of hydrogen-bond donors (Lipinski definition) is 0. The van der Waals surface area contributed by atoms with E-state index in [9.17, 15) is 4.79 Å². The summed E-state index contributed by atoms with van der Waals surface area (Å²) in [6.45, 7) is 1.91. The van der Waals surface area contributed by atoms with E-state index >= 15 is 0 Å². The van der Waals surface area contributed by atoms with Crippen LogP contribution in [0.3, 0.4) is 0 Å². The molecule has 2 heteroatoms. The van der Waals surface area contributed by atoms with Gasteiger partial charge in [0.05, 0.1) is 11.6 Å². The normalized spacial score (nSPS) is 14.7. The van der Waals surface area contributed by atoms with Crippen LogP contribution >= 0.6 is 0 Å². The van der Waals surface area contributed by atoms with Crippen molar-refractivity contribution in [1.82, 2.24) is 0 Å². The molecule has 0 unspecified atom stereocenters. The fourth-order valence-corrected chi connectivity index (χ4v) is 1.91. The van der Waals surface area contributed by atoms with Crippen molar-refractivity contribution < 1.29 is 4.79 Å². The first-order valence-electron chi connectivity index (χ1n) is 4.75. The van der Waals surface area contributed by atoms with E-state index in [-0.39, 0.29) is 0 Å². The molecule has 0 spiro atoms. The Morgan fingerprint density at radius 2 is 2.07 bits per heavy atom. The van der Waals surface area contributed by atoms with E-state index in [4.69, 9.17) is 5.26 Å². The molecule has 0 heterocycles. The Morgan fingerprint density at radius 3 is 2.79 bits per heavy atom. The Hall–Kier alpha value is -1.62. The van der Waals surface area contributed by atoms with Crippen LogP contribution in [-0.4, -0.2) is 5.78 Å². The molecule has 0 N–H and O–H groups in total. The molecule has 0 atom stereocenters. The Kier molecular flexibility index (Phi) is 2.09. The molecule has 0 saturated heterocycles. The molecule has 1 aromatic rings. The fraction of sp³-hybridized carbons (Fsp3) is 0.333. The molecular formula is C12H11NO. The van der Waals surface area contributed by atoms with Gasteiger partial charge in [0.25, 0.3) is 0 Å². The molecule has 1 aliphatic carbocycles. The zero-order chi connectivity index (χ0) is 10.1. The van der Waals surface area contributed by atoms with Crippen molar-refractivity contribution in [2.75, 3.05) is 0 Å². The summed E-state index contributed by atoms with van der Waals surface area (Å²) < 4.78 is 0. The maximum atomic E-state index is 11.2. The van der Waals surface area contributed by atoms with Crippen molar-refractivity contribution in [1.29, 1.82) is 5.26 Å². The van der Waals surface area contributed by atoms with E-state index in [1.807, 2.05) is 19.1 Å². The molecule has 0 aliphatic heterocycles. The molecule has 0 saturated carbocycles. The smallest absolute Gasteiger partial charge is 0.137 e. The molecule has 0 fully saturated rings. The third-order valence-corrected chi connectivity index (χ3v) is 2.73. The van der Waals surface area contributed by atoms with Crippen molar-refractivity contribution in [2.45, 2.75) is 26.2 Å². The summed E-state index contributed by atoms with van der Waals surface area (Å²) in [7, 11) is 0. The first kappa shape index (κ1) is 8.96. The number of Topliss-reactive ketones (excluding diaryl/α,β-unsaturated/α-hetero) is 1. The van der Waals surface area contributed by atoms with Gasteiger partial charge in [-0.2, -0.15) is 5.26 Å². The fourth-order valence-electron chi connectivity index (χ4n) is 1.91. The second kappa shape index (κ2) is 3.26. The van der Waals surface area contributed by atoms with Gasteiger partial charge >= 0.3 is 0 Å². The van der Waals surface area contributed by atoms with Gasteiger partial charge in [0.1, 0.15) is 5.78 Å². The third kappa shape index (κ3) is 1.42. The maximum Gasteiger partial charge on any atom is 0.137 e. The second-order valence-electron chi connectivity index (χ2n) is 3.76. The lowest BCUT2D eigenvalue weighted by Gasteiger charge is -2.15. The molecule has 2 nitrogen and oxygen atoms in total. The van der Waals surface area contributed by atoms with E-state index in [0.29, 0.717) is 18.6 Å². The van der Waals surface area contributed by atoms with Gasteiger partial charge in [0.2, 0.25) is 0 Å². The Morgan fingerprint density at radius 1 is 1.29 bits per heavy atom. The third-order valence-electron chi connectivity index (χ3n) is 2.73. The molecule has 2 rings (SSSR count). The molecule has 14 heavy (non-hydrogen) atoms. The van der Waals surface area contributed by atoms with Crippen LogP contribution < -0.4 is 0 Å². The number of rotatable bonds is 0. The summed E-state index contributed by atoms with van der Waals surface area (Å²) in [5, 5.41) is 8.86. The highest BCUT2D eigenvalue weighted by molar-refractivity contribution is 5.83. The lowest BCUT2D eigenvalue weighted by atomic mass is 9.88. The van der Waals surface area contributed by atoms with Gasteiger partial charge in [0.15, 0.2) is 0 Å². The van der Waals surface area contributed by atoms with Gasteiger partial charge in [-0.05, 0) is 36.1 Å². The highest BCUT2D eigenvalue weighted by Crippen LogP contribution is 2.22. The zero-order valence-corrected chi connectivity index (χ0v) is 8.13. The average Bonchev–Trinajstić information content (AvgIpc) is 2.16. The highest BCUT2D eigenvalue weighted by atomic mass is 16.1. The first-order chi connectivity index (χ1) is 6.70. The second-order valence-corrected chi connectivity index (χ2v) is 3.76. The van der Waals surface area contributed by atoms with Crippen molar-refractivity contribution >= 4 is 5.78 Å². The van der Waals surface area contributed by atoms with E-state index in [0.717, 1.165) is 23.1 Å². The number of benzene rings is 1. The van der Waals surface area contributed by atoms with Gasteiger partial charge in [-0.15, -0.1) is 0 Å². The number of hydrogen-bond acceptors (Lipinski definition) is 2. The van der Waals surface area contributed by atoms with Gasteiger partial charge in [-0.3, -0.25) is 4.79 Å². The van der Waals surface area contributed by atoms with Gasteiger partial charge in [-0.1, -0.05) is 6.07 Å².